The summed E-state index contributed by atoms with van der Waals surface area (Å²) in [6, 6.07) is 16.0. The molecule has 0 unspecified atom stereocenters. The molecule has 0 amide bonds. The third kappa shape index (κ3) is 4.81. The van der Waals surface area contributed by atoms with Crippen molar-refractivity contribution in [3.63, 3.8) is 0 Å². The van der Waals surface area contributed by atoms with Gasteiger partial charge < -0.3 is 15.3 Å². The summed E-state index contributed by atoms with van der Waals surface area (Å²) >= 11 is 0. The number of carbonyl (C=O) groups is 2. The van der Waals surface area contributed by atoms with E-state index in [0.717, 1.165) is 38.6 Å². The highest BCUT2D eigenvalue weighted by molar-refractivity contribution is 6.22. The summed E-state index contributed by atoms with van der Waals surface area (Å²) in [6.07, 6.45) is 0. The van der Waals surface area contributed by atoms with Crippen LogP contribution in [0.5, 0.6) is 0 Å². The zero-order chi connectivity index (χ0) is 20.0. The molecule has 4 rings (SSSR count). The highest BCUT2D eigenvalue weighted by Crippen LogP contribution is 2.49. The lowest BCUT2D eigenvalue weighted by Crippen LogP contribution is -2.22. The van der Waals surface area contributed by atoms with Crippen LogP contribution in [0, 0.1) is 0 Å². The maximum Gasteiger partial charge on any atom is 0.177 e. The van der Waals surface area contributed by atoms with Gasteiger partial charge in [-0.05, 0) is 61.7 Å². The fourth-order valence-electron chi connectivity index (χ4n) is 4.03. The maximum atomic E-state index is 13.0. The van der Waals surface area contributed by atoms with Gasteiger partial charge in [0, 0.05) is 16.7 Å². The number of carbonyl (C=O) groups excluding carboxylic acids is 2. The number of nitrogens with zero attached hydrogens (tertiary/aromatic N) is 2. The Balaban J connectivity index is 0.00000160. The molecule has 5 nitrogen and oxygen atoms in total. The number of halogens is 2. The zero-order valence-electron chi connectivity index (χ0n) is 18.1. The summed E-state index contributed by atoms with van der Waals surface area (Å²) in [4.78, 5) is 29.3. The fraction of sp³-hybridized carbons (Fsp3) is 0.250. The Bertz CT molecular complexity index is 1130. The molecule has 7 heteroatoms. The highest BCUT2D eigenvalue weighted by atomic mass is 35.5. The van der Waals surface area contributed by atoms with Crippen molar-refractivity contribution in [2.75, 3.05) is 41.3 Å². The summed E-state index contributed by atoms with van der Waals surface area (Å²) in [5, 5.41) is 2.23. The van der Waals surface area contributed by atoms with Crippen LogP contribution in [0.4, 0.5) is 0 Å². The van der Waals surface area contributed by atoms with Gasteiger partial charge in [0.1, 0.15) is 0 Å². The van der Waals surface area contributed by atoms with Crippen LogP contribution in [-0.4, -0.2) is 68.1 Å². The van der Waals surface area contributed by atoms with Crippen LogP contribution in [0.3, 0.4) is 0 Å². The highest BCUT2D eigenvalue weighted by Gasteiger charge is 2.27. The van der Waals surface area contributed by atoms with Crippen LogP contribution in [-0.2, 0) is 0 Å². The predicted molar refractivity (Wildman–Crippen MR) is 132 cm³/mol. The number of hydrogen-bond donors (Lipinski definition) is 0. The van der Waals surface area contributed by atoms with Gasteiger partial charge in [0.25, 0.3) is 0 Å². The lowest BCUT2D eigenvalue weighted by atomic mass is 9.93. The van der Waals surface area contributed by atoms with Crippen molar-refractivity contribution in [3.8, 4) is 22.3 Å². The average Bonchev–Trinajstić information content (AvgIpc) is 2.97. The lowest BCUT2D eigenvalue weighted by Gasteiger charge is -2.13. The number of fused-ring (bicyclic) bond motifs is 3. The maximum absolute atomic E-state index is 13.0. The van der Waals surface area contributed by atoms with E-state index in [9.17, 15) is 9.59 Å². The van der Waals surface area contributed by atoms with Gasteiger partial charge in [-0.15, -0.1) is 24.8 Å². The van der Waals surface area contributed by atoms with E-state index in [2.05, 4.69) is 12.1 Å². The molecule has 0 saturated carbocycles. The molecular formula is C24H28Cl2N2O3. The molecule has 0 aliphatic heterocycles. The molecule has 166 valence electrons. The first-order chi connectivity index (χ1) is 13.4. The van der Waals surface area contributed by atoms with Crippen molar-refractivity contribution in [2.24, 2.45) is 0 Å². The second kappa shape index (κ2) is 10.4. The topological polar surface area (TPSA) is 72.1 Å². The third-order valence-corrected chi connectivity index (χ3v) is 5.17. The van der Waals surface area contributed by atoms with E-state index < -0.39 is 0 Å². The Kier molecular flexibility index (Phi) is 8.94. The summed E-state index contributed by atoms with van der Waals surface area (Å²) in [5.41, 5.74) is 5.58. The van der Waals surface area contributed by atoms with E-state index in [4.69, 9.17) is 0 Å². The number of likely N-dealkylation sites (N-methyl/N-ethyl adjacent to an activating group) is 2. The van der Waals surface area contributed by atoms with E-state index in [1.807, 2.05) is 74.4 Å². The van der Waals surface area contributed by atoms with E-state index in [-0.39, 0.29) is 41.9 Å². The molecule has 1 aliphatic rings. The number of rotatable bonds is 6. The molecule has 0 aromatic heterocycles. The quantitative estimate of drug-likeness (QED) is 0.406. The van der Waals surface area contributed by atoms with Gasteiger partial charge >= 0.3 is 0 Å². The minimum atomic E-state index is 0. The molecule has 0 saturated heterocycles. The van der Waals surface area contributed by atoms with Crippen LogP contribution in [0.2, 0.25) is 0 Å². The Morgan fingerprint density at radius 2 is 1.39 bits per heavy atom. The Hall–Kier alpha value is -2.28. The second-order valence-corrected chi connectivity index (χ2v) is 7.97. The smallest absolute Gasteiger partial charge is 0.177 e. The first kappa shape index (κ1) is 26.8. The fourth-order valence-corrected chi connectivity index (χ4v) is 4.03. The predicted octanol–water partition coefficient (Wildman–Crippen LogP) is 3.99. The summed E-state index contributed by atoms with van der Waals surface area (Å²) in [6.45, 7) is 0.720. The normalized spacial score (nSPS) is 10.9. The van der Waals surface area contributed by atoms with Crippen molar-refractivity contribution >= 4 is 47.2 Å². The molecule has 0 radical (unpaired) electrons. The first-order valence-corrected chi connectivity index (χ1v) is 9.43. The molecule has 3 aromatic carbocycles. The standard InChI is InChI=1S/C24H24N2O2.2ClH.H2O/c1-25(2)13-21(27)16-9-10-17-18-7-5-6-15-8-11-19(22(28)14-26(3)4)24(23(15)18)20(17)12-16;;;/h5-12H,13-14H2,1-4H3;2*1H;1H2. The summed E-state index contributed by atoms with van der Waals surface area (Å²) < 4.78 is 0. The van der Waals surface area contributed by atoms with E-state index >= 15 is 0 Å². The molecule has 0 heterocycles. The number of hydrogen-bond acceptors (Lipinski definition) is 4. The molecule has 2 N–H and O–H groups in total. The second-order valence-electron chi connectivity index (χ2n) is 7.97. The van der Waals surface area contributed by atoms with Crippen LogP contribution in [0.15, 0.2) is 48.5 Å². The van der Waals surface area contributed by atoms with Crippen LogP contribution in [0.25, 0.3) is 33.0 Å². The molecule has 0 bridgehead atoms. The van der Waals surface area contributed by atoms with Crippen molar-refractivity contribution in [1.82, 2.24) is 9.80 Å². The summed E-state index contributed by atoms with van der Waals surface area (Å²) in [7, 11) is 7.57. The van der Waals surface area contributed by atoms with Crippen molar-refractivity contribution in [2.45, 2.75) is 0 Å². The van der Waals surface area contributed by atoms with Crippen molar-refractivity contribution in [3.05, 3.63) is 59.7 Å². The van der Waals surface area contributed by atoms with Crippen molar-refractivity contribution in [1.29, 1.82) is 0 Å². The van der Waals surface area contributed by atoms with Crippen LogP contribution in [0.1, 0.15) is 20.7 Å². The van der Waals surface area contributed by atoms with E-state index in [0.29, 0.717) is 18.7 Å². The van der Waals surface area contributed by atoms with Gasteiger partial charge in [-0.1, -0.05) is 42.5 Å². The van der Waals surface area contributed by atoms with Gasteiger partial charge in [0.15, 0.2) is 11.6 Å². The monoisotopic (exact) mass is 462 g/mol. The zero-order valence-corrected chi connectivity index (χ0v) is 19.7. The van der Waals surface area contributed by atoms with Crippen LogP contribution < -0.4 is 0 Å². The molecule has 0 fully saturated rings. The Morgan fingerprint density at radius 1 is 0.742 bits per heavy atom. The molecule has 3 aromatic rings. The van der Waals surface area contributed by atoms with E-state index in [1.54, 1.807) is 0 Å². The minimum Gasteiger partial charge on any atom is -0.412 e. The van der Waals surface area contributed by atoms with Crippen LogP contribution >= 0.6 is 24.8 Å². The molecule has 0 atom stereocenters. The minimum absolute atomic E-state index is 0. The van der Waals surface area contributed by atoms with Gasteiger partial charge in [0.2, 0.25) is 0 Å². The summed E-state index contributed by atoms with van der Waals surface area (Å²) in [5.74, 6) is 0.173. The van der Waals surface area contributed by atoms with Gasteiger partial charge in [-0.25, -0.2) is 0 Å². The SMILES string of the molecule is CN(C)CC(=O)c1ccc2c(c1)-c1c(C(=O)CN(C)C)ccc3cccc-2c13.Cl.Cl.O. The van der Waals surface area contributed by atoms with Gasteiger partial charge in [-0.2, -0.15) is 0 Å². The molecular weight excluding hydrogens is 435 g/mol. The number of ketones is 2. The molecule has 1 aliphatic carbocycles. The molecule has 0 spiro atoms. The first-order valence-electron chi connectivity index (χ1n) is 9.43. The molecule has 31 heavy (non-hydrogen) atoms. The van der Waals surface area contributed by atoms with Gasteiger partial charge in [0.05, 0.1) is 13.1 Å². The number of benzene rings is 3. The Labute approximate surface area is 195 Å². The van der Waals surface area contributed by atoms with Crippen molar-refractivity contribution < 1.29 is 15.1 Å². The van der Waals surface area contributed by atoms with E-state index in [1.165, 1.54) is 0 Å². The lowest BCUT2D eigenvalue weighted by molar-refractivity contribution is 0.0950. The largest absolute Gasteiger partial charge is 0.412 e. The number of Topliss-reactive ketones (excluding diaryl/α,β-unsaturated/α-hetero) is 2. The Morgan fingerprint density at radius 3 is 2.03 bits per heavy atom. The average molecular weight is 463 g/mol. The third-order valence-electron chi connectivity index (χ3n) is 5.17. The van der Waals surface area contributed by atoms with Gasteiger partial charge in [-0.3, -0.25) is 9.59 Å².